The highest BCUT2D eigenvalue weighted by atomic mass is 35.5. The van der Waals surface area contributed by atoms with Gasteiger partial charge < -0.3 is 5.73 Å². The zero-order valence-corrected chi connectivity index (χ0v) is 11.8. The van der Waals surface area contributed by atoms with Gasteiger partial charge in [0.25, 0.3) is 0 Å². The van der Waals surface area contributed by atoms with E-state index in [4.69, 9.17) is 17.3 Å². The predicted octanol–water partition coefficient (Wildman–Crippen LogP) is 4.31. The molecule has 2 heteroatoms. The molecular weight excluding hydrogens is 242 g/mol. The Balaban J connectivity index is 2.47. The van der Waals surface area contributed by atoms with Crippen molar-refractivity contribution in [2.45, 2.75) is 26.8 Å². The standard InChI is InChI=1S/C16H18ClN/c1-10-4-6-12(3)14(8-10)16(18)13-7-5-11(2)9-15(13)17/h4-9,16H,18H2,1-3H3. The van der Waals surface area contributed by atoms with Crippen molar-refractivity contribution in [3.8, 4) is 0 Å². The zero-order chi connectivity index (χ0) is 13.3. The van der Waals surface area contributed by atoms with E-state index in [0.717, 1.165) is 21.7 Å². The van der Waals surface area contributed by atoms with E-state index >= 15 is 0 Å². The molecule has 0 radical (unpaired) electrons. The molecule has 0 amide bonds. The van der Waals surface area contributed by atoms with Crippen LogP contribution in [0.1, 0.15) is 33.9 Å². The molecule has 0 saturated heterocycles. The van der Waals surface area contributed by atoms with Crippen LogP contribution in [0.25, 0.3) is 0 Å². The average molecular weight is 260 g/mol. The first-order chi connectivity index (χ1) is 8.49. The molecule has 0 heterocycles. The minimum atomic E-state index is -0.169. The quantitative estimate of drug-likeness (QED) is 0.854. The lowest BCUT2D eigenvalue weighted by atomic mass is 9.94. The molecule has 2 N–H and O–H groups in total. The fourth-order valence-electron chi connectivity index (χ4n) is 2.15. The van der Waals surface area contributed by atoms with Gasteiger partial charge in [0, 0.05) is 5.02 Å². The molecule has 0 spiro atoms. The molecule has 94 valence electrons. The van der Waals surface area contributed by atoms with Crippen LogP contribution in [0.5, 0.6) is 0 Å². The van der Waals surface area contributed by atoms with Crippen LogP contribution in [0.4, 0.5) is 0 Å². The first kappa shape index (κ1) is 13.1. The van der Waals surface area contributed by atoms with Crippen LogP contribution in [0.2, 0.25) is 5.02 Å². The Labute approximate surface area is 114 Å². The normalized spacial score (nSPS) is 12.5. The monoisotopic (exact) mass is 259 g/mol. The molecule has 1 unspecified atom stereocenters. The van der Waals surface area contributed by atoms with Crippen molar-refractivity contribution >= 4 is 11.6 Å². The van der Waals surface area contributed by atoms with Crippen molar-refractivity contribution in [2.24, 2.45) is 5.73 Å². The van der Waals surface area contributed by atoms with Crippen LogP contribution < -0.4 is 5.73 Å². The maximum absolute atomic E-state index is 6.35. The van der Waals surface area contributed by atoms with E-state index in [-0.39, 0.29) is 6.04 Å². The molecule has 0 aromatic heterocycles. The molecule has 0 aliphatic rings. The third kappa shape index (κ3) is 2.58. The van der Waals surface area contributed by atoms with E-state index in [2.05, 4.69) is 32.0 Å². The summed E-state index contributed by atoms with van der Waals surface area (Å²) in [7, 11) is 0. The summed E-state index contributed by atoms with van der Waals surface area (Å²) >= 11 is 6.29. The van der Waals surface area contributed by atoms with Crippen LogP contribution >= 0.6 is 11.6 Å². The van der Waals surface area contributed by atoms with Crippen molar-refractivity contribution in [1.29, 1.82) is 0 Å². The predicted molar refractivity (Wildman–Crippen MR) is 78.1 cm³/mol. The van der Waals surface area contributed by atoms with Gasteiger partial charge in [0.2, 0.25) is 0 Å². The Morgan fingerprint density at radius 1 is 0.889 bits per heavy atom. The summed E-state index contributed by atoms with van der Waals surface area (Å²) in [6.07, 6.45) is 0. The van der Waals surface area contributed by atoms with E-state index < -0.39 is 0 Å². The van der Waals surface area contributed by atoms with Gasteiger partial charge >= 0.3 is 0 Å². The van der Waals surface area contributed by atoms with Gasteiger partial charge in [-0.25, -0.2) is 0 Å². The molecule has 2 aromatic rings. The van der Waals surface area contributed by atoms with Gasteiger partial charge in [0.05, 0.1) is 6.04 Å². The third-order valence-corrected chi connectivity index (χ3v) is 3.59. The topological polar surface area (TPSA) is 26.0 Å². The van der Waals surface area contributed by atoms with Crippen LogP contribution in [0.15, 0.2) is 36.4 Å². The van der Waals surface area contributed by atoms with Gasteiger partial charge in [0.15, 0.2) is 0 Å². The molecule has 0 saturated carbocycles. The lowest BCUT2D eigenvalue weighted by molar-refractivity contribution is 0.859. The molecular formula is C16H18ClN. The summed E-state index contributed by atoms with van der Waals surface area (Å²) in [5.41, 5.74) is 12.0. The second-order valence-electron chi connectivity index (χ2n) is 4.86. The third-order valence-electron chi connectivity index (χ3n) is 3.26. The van der Waals surface area contributed by atoms with Gasteiger partial charge in [-0.05, 0) is 49.1 Å². The van der Waals surface area contributed by atoms with Gasteiger partial charge in [-0.3, -0.25) is 0 Å². The SMILES string of the molecule is Cc1ccc(C(N)c2cc(C)ccc2C)c(Cl)c1. The highest BCUT2D eigenvalue weighted by molar-refractivity contribution is 6.31. The first-order valence-electron chi connectivity index (χ1n) is 6.08. The van der Waals surface area contributed by atoms with Crippen LogP contribution in [-0.4, -0.2) is 0 Å². The van der Waals surface area contributed by atoms with Crippen LogP contribution in [0, 0.1) is 20.8 Å². The Kier molecular flexibility index (Phi) is 3.74. The highest BCUT2D eigenvalue weighted by Crippen LogP contribution is 2.29. The van der Waals surface area contributed by atoms with Gasteiger partial charge in [-0.1, -0.05) is 47.5 Å². The second kappa shape index (κ2) is 5.13. The first-order valence-corrected chi connectivity index (χ1v) is 6.45. The largest absolute Gasteiger partial charge is 0.320 e. The lowest BCUT2D eigenvalue weighted by Gasteiger charge is -2.17. The Morgan fingerprint density at radius 2 is 1.50 bits per heavy atom. The summed E-state index contributed by atoms with van der Waals surface area (Å²) in [6, 6.07) is 12.2. The fourth-order valence-corrected chi connectivity index (χ4v) is 2.50. The van der Waals surface area contributed by atoms with E-state index in [1.807, 2.05) is 25.1 Å². The summed E-state index contributed by atoms with van der Waals surface area (Å²) in [5.74, 6) is 0. The highest BCUT2D eigenvalue weighted by Gasteiger charge is 2.14. The molecule has 0 aliphatic carbocycles. The zero-order valence-electron chi connectivity index (χ0n) is 11.0. The van der Waals surface area contributed by atoms with E-state index in [1.165, 1.54) is 11.1 Å². The smallest absolute Gasteiger partial charge is 0.0569 e. The Hall–Kier alpha value is -1.31. The van der Waals surface area contributed by atoms with Crippen LogP contribution in [0.3, 0.4) is 0 Å². The maximum Gasteiger partial charge on any atom is 0.0569 e. The van der Waals surface area contributed by atoms with Crippen molar-refractivity contribution in [2.75, 3.05) is 0 Å². The van der Waals surface area contributed by atoms with Crippen LogP contribution in [-0.2, 0) is 0 Å². The molecule has 2 aromatic carbocycles. The van der Waals surface area contributed by atoms with Crippen molar-refractivity contribution < 1.29 is 0 Å². The van der Waals surface area contributed by atoms with Crippen molar-refractivity contribution in [3.05, 3.63) is 69.2 Å². The summed E-state index contributed by atoms with van der Waals surface area (Å²) in [6.45, 7) is 6.18. The number of hydrogen-bond donors (Lipinski definition) is 1. The molecule has 1 atom stereocenters. The van der Waals surface area contributed by atoms with Gasteiger partial charge in [-0.2, -0.15) is 0 Å². The summed E-state index contributed by atoms with van der Waals surface area (Å²) < 4.78 is 0. The molecule has 2 rings (SSSR count). The minimum Gasteiger partial charge on any atom is -0.320 e. The second-order valence-corrected chi connectivity index (χ2v) is 5.27. The van der Waals surface area contributed by atoms with E-state index in [9.17, 15) is 0 Å². The number of benzene rings is 2. The van der Waals surface area contributed by atoms with E-state index in [1.54, 1.807) is 0 Å². The Bertz CT molecular complexity index is 575. The van der Waals surface area contributed by atoms with Crippen molar-refractivity contribution in [3.63, 3.8) is 0 Å². The number of hydrogen-bond acceptors (Lipinski definition) is 1. The Morgan fingerprint density at radius 3 is 2.17 bits per heavy atom. The minimum absolute atomic E-state index is 0.169. The maximum atomic E-state index is 6.35. The number of aryl methyl sites for hydroxylation is 3. The van der Waals surface area contributed by atoms with Crippen molar-refractivity contribution in [1.82, 2.24) is 0 Å². The van der Waals surface area contributed by atoms with E-state index in [0.29, 0.717) is 0 Å². The number of rotatable bonds is 2. The fraction of sp³-hybridized carbons (Fsp3) is 0.250. The summed E-state index contributed by atoms with van der Waals surface area (Å²) in [4.78, 5) is 0. The number of halogens is 1. The van der Waals surface area contributed by atoms with Gasteiger partial charge in [-0.15, -0.1) is 0 Å². The molecule has 0 fully saturated rings. The lowest BCUT2D eigenvalue weighted by Crippen LogP contribution is -2.14. The molecule has 18 heavy (non-hydrogen) atoms. The molecule has 0 bridgehead atoms. The molecule has 0 aliphatic heterocycles. The number of nitrogens with two attached hydrogens (primary N) is 1. The molecule has 1 nitrogen and oxygen atoms in total. The average Bonchev–Trinajstić information content (AvgIpc) is 2.31. The van der Waals surface area contributed by atoms with Gasteiger partial charge in [0.1, 0.15) is 0 Å². The summed E-state index contributed by atoms with van der Waals surface area (Å²) in [5, 5.41) is 0.739.